The van der Waals surface area contributed by atoms with Gasteiger partial charge in [-0.1, -0.05) is 19.9 Å². The van der Waals surface area contributed by atoms with Gasteiger partial charge in [-0.2, -0.15) is 0 Å². The van der Waals surface area contributed by atoms with Crippen molar-refractivity contribution < 1.29 is 13.9 Å². The molecule has 35 heavy (non-hydrogen) atoms. The summed E-state index contributed by atoms with van der Waals surface area (Å²) in [6, 6.07) is 8.31. The summed E-state index contributed by atoms with van der Waals surface area (Å²) in [5.74, 6) is 2.31. The van der Waals surface area contributed by atoms with Gasteiger partial charge in [0.25, 0.3) is 0 Å². The lowest BCUT2D eigenvalue weighted by Gasteiger charge is -2.14. The molecule has 5 rings (SSSR count). The van der Waals surface area contributed by atoms with Crippen LogP contribution in [-0.4, -0.2) is 47.5 Å². The van der Waals surface area contributed by atoms with Gasteiger partial charge in [0.15, 0.2) is 0 Å². The Bertz CT molecular complexity index is 1240. The van der Waals surface area contributed by atoms with Crippen LogP contribution in [0.15, 0.2) is 48.8 Å². The van der Waals surface area contributed by atoms with E-state index >= 15 is 0 Å². The Labute approximate surface area is 205 Å². The van der Waals surface area contributed by atoms with Gasteiger partial charge >= 0.3 is 0 Å². The first kappa shape index (κ1) is 24.6. The summed E-state index contributed by atoms with van der Waals surface area (Å²) in [5, 5.41) is 6.82. The second-order valence-corrected chi connectivity index (χ2v) is 8.75. The Hall–Kier alpha value is -3.52. The number of benzene rings is 2. The van der Waals surface area contributed by atoms with Gasteiger partial charge in [0.1, 0.15) is 23.7 Å². The summed E-state index contributed by atoms with van der Waals surface area (Å²) < 4.78 is 19.1. The summed E-state index contributed by atoms with van der Waals surface area (Å²) in [7, 11) is 1.55. The first-order chi connectivity index (χ1) is 17.0. The minimum Gasteiger partial charge on any atom is -0.494 e. The number of rotatable bonds is 7. The molecule has 0 radical (unpaired) electrons. The Balaban J connectivity index is 0.00000141. The van der Waals surface area contributed by atoms with Crippen molar-refractivity contribution in [1.82, 2.24) is 14.9 Å². The number of aromatic nitrogens is 2. The van der Waals surface area contributed by atoms with Gasteiger partial charge in [0, 0.05) is 42.9 Å². The molecule has 1 amide bonds. The number of halogens is 1. The van der Waals surface area contributed by atoms with E-state index in [4.69, 9.17) is 4.74 Å². The molecule has 2 heterocycles. The van der Waals surface area contributed by atoms with Gasteiger partial charge in [-0.15, -0.1) is 0 Å². The number of hydrogen-bond donors (Lipinski definition) is 2. The molecule has 2 atom stereocenters. The average molecular weight is 478 g/mol. The van der Waals surface area contributed by atoms with Gasteiger partial charge in [-0.3, -0.25) is 9.69 Å². The van der Waals surface area contributed by atoms with Gasteiger partial charge in [-0.25, -0.2) is 14.4 Å². The number of anilines is 3. The SMILES string of the molecule is CC.COc1cc2ncnc(Nc3ccc(F)c(C)c3)c2cc1NC(=O)/C=C/CN1CC2CC2C1. The second kappa shape index (κ2) is 10.8. The first-order valence-electron chi connectivity index (χ1n) is 12.1. The van der Waals surface area contributed by atoms with Gasteiger partial charge in [-0.05, 0) is 55.0 Å². The minimum atomic E-state index is -0.266. The molecule has 2 aliphatic rings. The highest BCUT2D eigenvalue weighted by molar-refractivity contribution is 6.03. The van der Waals surface area contributed by atoms with Crippen molar-refractivity contribution in [2.75, 3.05) is 37.4 Å². The van der Waals surface area contributed by atoms with Crippen LogP contribution in [0.3, 0.4) is 0 Å². The maximum absolute atomic E-state index is 13.6. The molecule has 184 valence electrons. The predicted octanol–water partition coefficient (Wildman–Crippen LogP) is 5.30. The molecule has 2 aromatic carbocycles. The fraction of sp³-hybridized carbons (Fsp3) is 0.370. The van der Waals surface area contributed by atoms with Crippen molar-refractivity contribution in [2.24, 2.45) is 11.8 Å². The highest BCUT2D eigenvalue weighted by Gasteiger charge is 2.44. The number of nitrogens with one attached hydrogen (secondary N) is 2. The number of carbonyl (C=O) groups is 1. The molecule has 1 aromatic heterocycles. The number of nitrogens with zero attached hydrogens (tertiary/aromatic N) is 3. The van der Waals surface area contributed by atoms with Crippen molar-refractivity contribution in [3.05, 3.63) is 60.2 Å². The summed E-state index contributed by atoms with van der Waals surface area (Å²) in [6.07, 6.45) is 6.28. The molecule has 1 aliphatic heterocycles. The molecule has 7 nitrogen and oxygen atoms in total. The van der Waals surface area contributed by atoms with E-state index in [0.29, 0.717) is 39.4 Å². The lowest BCUT2D eigenvalue weighted by atomic mass is 10.1. The number of piperidine rings is 1. The van der Waals surface area contributed by atoms with E-state index in [0.717, 1.165) is 31.5 Å². The Morgan fingerprint density at radius 2 is 1.97 bits per heavy atom. The molecule has 2 N–H and O–H groups in total. The number of hydrogen-bond acceptors (Lipinski definition) is 6. The normalized spacial score (nSPS) is 18.7. The number of ether oxygens (including phenoxy) is 1. The van der Waals surface area contributed by atoms with Crippen LogP contribution < -0.4 is 15.4 Å². The Morgan fingerprint density at radius 1 is 1.20 bits per heavy atom. The third-order valence-corrected chi connectivity index (χ3v) is 6.32. The fourth-order valence-corrected chi connectivity index (χ4v) is 4.44. The van der Waals surface area contributed by atoms with E-state index < -0.39 is 0 Å². The smallest absolute Gasteiger partial charge is 0.248 e. The molecular weight excluding hydrogens is 445 g/mol. The van der Waals surface area contributed by atoms with Gasteiger partial charge in [0.05, 0.1) is 18.3 Å². The number of methoxy groups -OCH3 is 1. The molecule has 3 aromatic rings. The number of likely N-dealkylation sites (tertiary alicyclic amines) is 1. The Morgan fingerprint density at radius 3 is 2.69 bits per heavy atom. The van der Waals surface area contributed by atoms with Crippen LogP contribution in [0, 0.1) is 24.6 Å². The van der Waals surface area contributed by atoms with Crippen LogP contribution in [0.1, 0.15) is 25.8 Å². The van der Waals surface area contributed by atoms with Gasteiger partial charge < -0.3 is 15.4 Å². The highest BCUT2D eigenvalue weighted by atomic mass is 19.1. The number of aryl methyl sites for hydroxylation is 1. The van der Waals surface area contributed by atoms with E-state index in [1.807, 2.05) is 19.9 Å². The van der Waals surface area contributed by atoms with E-state index in [2.05, 4.69) is 25.5 Å². The number of amides is 1. The summed E-state index contributed by atoms with van der Waals surface area (Å²) in [4.78, 5) is 23.6. The molecule has 1 aliphatic carbocycles. The van der Waals surface area contributed by atoms with E-state index in [-0.39, 0.29) is 11.7 Å². The topological polar surface area (TPSA) is 79.4 Å². The second-order valence-electron chi connectivity index (χ2n) is 8.75. The third-order valence-electron chi connectivity index (χ3n) is 6.32. The molecule has 0 bridgehead atoms. The van der Waals surface area contributed by atoms with Crippen LogP contribution in [0.2, 0.25) is 0 Å². The fourth-order valence-electron chi connectivity index (χ4n) is 4.44. The standard InChI is InChI=1S/C25H26FN5O2.C2H6/c1-15-8-18(5-6-20(15)26)29-25-19-10-22(23(33-2)11-21(19)27-14-28-25)30-24(32)4-3-7-31-12-16-9-17(16)13-31;1-2/h3-6,8,10-11,14,16-17H,7,9,12-13H2,1-2H3,(H,30,32)(H,27,28,29);1-2H3/b4-3+;. The van der Waals surface area contributed by atoms with Crippen LogP contribution >= 0.6 is 0 Å². The largest absolute Gasteiger partial charge is 0.494 e. The molecule has 1 saturated carbocycles. The zero-order valence-electron chi connectivity index (χ0n) is 20.6. The summed E-state index contributed by atoms with van der Waals surface area (Å²) in [6.45, 7) is 8.77. The van der Waals surface area contributed by atoms with E-state index in [9.17, 15) is 9.18 Å². The molecule has 2 unspecified atom stereocenters. The highest BCUT2D eigenvalue weighted by Crippen LogP contribution is 2.44. The van der Waals surface area contributed by atoms with Crippen LogP contribution in [0.4, 0.5) is 21.6 Å². The van der Waals surface area contributed by atoms with Crippen molar-refractivity contribution in [1.29, 1.82) is 0 Å². The van der Waals surface area contributed by atoms with Crippen LogP contribution in [0.25, 0.3) is 10.9 Å². The van der Waals surface area contributed by atoms with Crippen LogP contribution in [-0.2, 0) is 4.79 Å². The average Bonchev–Trinajstić information content (AvgIpc) is 3.47. The van der Waals surface area contributed by atoms with E-state index in [1.165, 1.54) is 18.8 Å². The molecule has 8 heteroatoms. The number of fused-ring (bicyclic) bond motifs is 2. The maximum Gasteiger partial charge on any atom is 0.248 e. The maximum atomic E-state index is 13.6. The first-order valence-corrected chi connectivity index (χ1v) is 12.1. The van der Waals surface area contributed by atoms with E-state index in [1.54, 1.807) is 44.4 Å². The quantitative estimate of drug-likeness (QED) is 0.450. The van der Waals surface area contributed by atoms with Crippen molar-refractivity contribution in [2.45, 2.75) is 27.2 Å². The number of carbonyl (C=O) groups excluding carboxylic acids is 1. The molecule has 1 saturated heterocycles. The third kappa shape index (κ3) is 5.77. The molecule has 0 spiro atoms. The summed E-state index contributed by atoms with van der Waals surface area (Å²) >= 11 is 0. The zero-order chi connectivity index (χ0) is 24.9. The zero-order valence-corrected chi connectivity index (χ0v) is 20.6. The lowest BCUT2D eigenvalue weighted by molar-refractivity contribution is -0.111. The Kier molecular flexibility index (Phi) is 7.60. The monoisotopic (exact) mass is 477 g/mol. The summed E-state index contributed by atoms with van der Waals surface area (Å²) in [5.41, 5.74) is 2.42. The predicted molar refractivity (Wildman–Crippen MR) is 138 cm³/mol. The van der Waals surface area contributed by atoms with Crippen molar-refractivity contribution in [3.8, 4) is 5.75 Å². The van der Waals surface area contributed by atoms with Gasteiger partial charge in [0.2, 0.25) is 5.91 Å². The van der Waals surface area contributed by atoms with Crippen molar-refractivity contribution in [3.63, 3.8) is 0 Å². The van der Waals surface area contributed by atoms with Crippen molar-refractivity contribution >= 4 is 34.0 Å². The molecule has 2 fully saturated rings. The minimum absolute atomic E-state index is 0.225. The van der Waals surface area contributed by atoms with Crippen LogP contribution in [0.5, 0.6) is 5.75 Å². The lowest BCUT2D eigenvalue weighted by Crippen LogP contribution is -2.23. The molecular formula is C27H32FN5O2.